The molecule has 5 rings (SSSR count). The Morgan fingerprint density at radius 1 is 0.839 bits per heavy atom. The van der Waals surface area contributed by atoms with Crippen molar-refractivity contribution in [3.05, 3.63) is 93.8 Å². The molecule has 0 fully saturated rings. The molecule has 1 aliphatic carbocycles. The first-order valence-electron chi connectivity index (χ1n) is 9.68. The highest BCUT2D eigenvalue weighted by Crippen LogP contribution is 2.41. The third kappa shape index (κ3) is 2.89. The number of carbonyl (C=O) groups is 1. The Morgan fingerprint density at radius 3 is 2.23 bits per heavy atom. The van der Waals surface area contributed by atoms with Crippen LogP contribution in [-0.2, 0) is 17.1 Å². The summed E-state index contributed by atoms with van der Waals surface area (Å²) < 4.78 is 30.1. The van der Waals surface area contributed by atoms with Gasteiger partial charge in [0.25, 0.3) is 15.6 Å². The van der Waals surface area contributed by atoms with Crippen molar-refractivity contribution < 1.29 is 13.2 Å². The molecule has 7 heteroatoms. The summed E-state index contributed by atoms with van der Waals surface area (Å²) >= 11 is 0. The third-order valence-electron chi connectivity index (χ3n) is 5.68. The molecule has 3 aromatic carbocycles. The summed E-state index contributed by atoms with van der Waals surface area (Å²) in [5.74, 6) is -0.283. The van der Waals surface area contributed by atoms with E-state index in [1.807, 2.05) is 13.0 Å². The minimum absolute atomic E-state index is 0.106. The first-order valence-corrected chi connectivity index (χ1v) is 11.2. The van der Waals surface area contributed by atoms with E-state index >= 15 is 0 Å². The molecule has 1 aliphatic rings. The van der Waals surface area contributed by atoms with E-state index in [4.69, 9.17) is 0 Å². The van der Waals surface area contributed by atoms with Gasteiger partial charge in [-0.1, -0.05) is 42.0 Å². The Bertz CT molecular complexity index is 1570. The van der Waals surface area contributed by atoms with Gasteiger partial charge >= 0.3 is 0 Å². The molecule has 1 N–H and O–H groups in total. The van der Waals surface area contributed by atoms with Crippen molar-refractivity contribution in [1.29, 1.82) is 0 Å². The van der Waals surface area contributed by atoms with Crippen molar-refractivity contribution >= 4 is 32.4 Å². The molecule has 6 nitrogen and oxygen atoms in total. The lowest BCUT2D eigenvalue weighted by Crippen LogP contribution is -2.22. The van der Waals surface area contributed by atoms with Crippen LogP contribution in [0.2, 0.25) is 0 Å². The summed E-state index contributed by atoms with van der Waals surface area (Å²) in [6, 6.07) is 18.2. The second kappa shape index (κ2) is 6.65. The lowest BCUT2D eigenvalue weighted by molar-refractivity contribution is 0.104. The van der Waals surface area contributed by atoms with E-state index in [1.165, 1.54) is 22.8 Å². The van der Waals surface area contributed by atoms with E-state index in [9.17, 15) is 18.0 Å². The van der Waals surface area contributed by atoms with Crippen LogP contribution in [0.3, 0.4) is 0 Å². The minimum atomic E-state index is -3.91. The van der Waals surface area contributed by atoms with E-state index in [1.54, 1.807) is 49.5 Å². The van der Waals surface area contributed by atoms with Crippen LogP contribution in [0.5, 0.6) is 0 Å². The molecule has 0 amide bonds. The quantitative estimate of drug-likeness (QED) is 0.471. The predicted molar refractivity (Wildman–Crippen MR) is 120 cm³/mol. The fourth-order valence-corrected chi connectivity index (χ4v) is 5.13. The van der Waals surface area contributed by atoms with Crippen LogP contribution in [0.15, 0.2) is 76.4 Å². The van der Waals surface area contributed by atoms with Crippen molar-refractivity contribution in [2.75, 3.05) is 4.72 Å². The lowest BCUT2D eigenvalue weighted by atomic mass is 9.83. The standard InChI is InChI=1S/C24H18N2O4S/c1-14-7-9-15(10-8-14)31(29,30)25-19-11-12-20-22-18(13-21(27)26(20)2)16-5-3-4-6-17(16)24(28)23(19)22/h3-13,25H,1-2H3. The zero-order valence-electron chi connectivity index (χ0n) is 16.8. The summed E-state index contributed by atoms with van der Waals surface area (Å²) in [7, 11) is -2.28. The molecule has 0 bridgehead atoms. The highest BCUT2D eigenvalue weighted by molar-refractivity contribution is 7.92. The second-order valence-electron chi connectivity index (χ2n) is 7.63. The molecular formula is C24H18N2O4S. The topological polar surface area (TPSA) is 85.2 Å². The van der Waals surface area contributed by atoms with E-state index in [0.717, 1.165) is 5.56 Å². The Morgan fingerprint density at radius 2 is 1.52 bits per heavy atom. The van der Waals surface area contributed by atoms with Gasteiger partial charge in [-0.25, -0.2) is 8.42 Å². The highest BCUT2D eigenvalue weighted by Gasteiger charge is 2.30. The molecule has 0 spiro atoms. The van der Waals surface area contributed by atoms with Crippen molar-refractivity contribution in [2.45, 2.75) is 11.8 Å². The summed E-state index contributed by atoms with van der Waals surface area (Å²) in [6.45, 7) is 1.87. The maximum Gasteiger partial charge on any atom is 0.261 e. The number of aryl methyl sites for hydroxylation is 2. The summed E-state index contributed by atoms with van der Waals surface area (Å²) in [4.78, 5) is 26.1. The van der Waals surface area contributed by atoms with Gasteiger partial charge in [-0.05, 0) is 42.3 Å². The number of fused-ring (bicyclic) bond motifs is 2. The Kier molecular flexibility index (Phi) is 4.13. The van der Waals surface area contributed by atoms with Crippen LogP contribution in [0.1, 0.15) is 21.5 Å². The van der Waals surface area contributed by atoms with Gasteiger partial charge in [-0.15, -0.1) is 0 Å². The molecule has 1 aromatic heterocycles. The summed E-state index contributed by atoms with van der Waals surface area (Å²) in [5.41, 5.74) is 3.47. The van der Waals surface area contributed by atoms with E-state index in [0.29, 0.717) is 27.6 Å². The van der Waals surface area contributed by atoms with Crippen molar-refractivity contribution in [3.63, 3.8) is 0 Å². The number of pyridine rings is 1. The zero-order valence-corrected chi connectivity index (χ0v) is 17.7. The first kappa shape index (κ1) is 19.3. The van der Waals surface area contributed by atoms with Gasteiger partial charge in [0.15, 0.2) is 5.78 Å². The van der Waals surface area contributed by atoms with Crippen LogP contribution in [0.25, 0.3) is 22.0 Å². The maximum atomic E-state index is 13.5. The molecule has 0 unspecified atom stereocenters. The van der Waals surface area contributed by atoms with Crippen LogP contribution in [-0.4, -0.2) is 18.8 Å². The van der Waals surface area contributed by atoms with Crippen LogP contribution < -0.4 is 10.3 Å². The Balaban J connectivity index is 1.79. The number of carbonyl (C=O) groups excluding carboxylic acids is 1. The minimum Gasteiger partial charge on any atom is -0.311 e. The smallest absolute Gasteiger partial charge is 0.261 e. The molecule has 1 heterocycles. The maximum absolute atomic E-state index is 13.5. The van der Waals surface area contributed by atoms with Gasteiger partial charge in [-0.3, -0.25) is 14.3 Å². The Hall–Kier alpha value is -3.71. The molecule has 4 aromatic rings. The molecule has 154 valence electrons. The lowest BCUT2D eigenvalue weighted by Gasteiger charge is -2.23. The SMILES string of the molecule is Cc1ccc(S(=O)(=O)Nc2ccc3c4c(cc(=O)n3C)-c3ccccc3C(=O)c24)cc1. The van der Waals surface area contributed by atoms with Gasteiger partial charge in [-0.2, -0.15) is 0 Å². The number of hydrogen-bond acceptors (Lipinski definition) is 4. The number of hydrogen-bond donors (Lipinski definition) is 1. The van der Waals surface area contributed by atoms with Crippen LogP contribution >= 0.6 is 0 Å². The number of rotatable bonds is 3. The molecule has 0 aliphatic heterocycles. The van der Waals surface area contributed by atoms with Crippen molar-refractivity contribution in [2.24, 2.45) is 7.05 Å². The third-order valence-corrected chi connectivity index (χ3v) is 7.06. The molecule has 0 radical (unpaired) electrons. The van der Waals surface area contributed by atoms with E-state index in [2.05, 4.69) is 4.72 Å². The second-order valence-corrected chi connectivity index (χ2v) is 9.31. The van der Waals surface area contributed by atoms with E-state index < -0.39 is 10.0 Å². The summed E-state index contributed by atoms with van der Waals surface area (Å²) in [6.07, 6.45) is 0. The van der Waals surface area contributed by atoms with Gasteiger partial charge in [0, 0.05) is 24.1 Å². The van der Waals surface area contributed by atoms with Crippen LogP contribution in [0.4, 0.5) is 5.69 Å². The number of ketones is 1. The van der Waals surface area contributed by atoms with Crippen LogP contribution in [0, 0.1) is 6.92 Å². The molecule has 0 saturated carbocycles. The van der Waals surface area contributed by atoms with Crippen molar-refractivity contribution in [1.82, 2.24) is 4.57 Å². The molecular weight excluding hydrogens is 412 g/mol. The average molecular weight is 430 g/mol. The number of aromatic nitrogens is 1. The number of benzene rings is 3. The molecule has 0 saturated heterocycles. The first-order chi connectivity index (χ1) is 14.8. The van der Waals surface area contributed by atoms with Gasteiger partial charge in [0.2, 0.25) is 0 Å². The fraction of sp³-hybridized carbons (Fsp3) is 0.0833. The average Bonchev–Trinajstić information content (AvgIpc) is 2.75. The largest absolute Gasteiger partial charge is 0.311 e. The van der Waals surface area contributed by atoms with Crippen molar-refractivity contribution in [3.8, 4) is 11.1 Å². The zero-order chi connectivity index (χ0) is 21.9. The number of nitrogens with one attached hydrogen (secondary N) is 1. The number of nitrogens with zero attached hydrogens (tertiary/aromatic N) is 1. The van der Waals surface area contributed by atoms with E-state index in [-0.39, 0.29) is 27.5 Å². The molecule has 31 heavy (non-hydrogen) atoms. The number of anilines is 1. The fourth-order valence-electron chi connectivity index (χ4n) is 4.06. The molecule has 0 atom stereocenters. The Labute approximate surface area is 178 Å². The van der Waals surface area contributed by atoms with Gasteiger partial charge < -0.3 is 4.57 Å². The van der Waals surface area contributed by atoms with Gasteiger partial charge in [0.05, 0.1) is 21.7 Å². The highest BCUT2D eigenvalue weighted by atomic mass is 32.2. The normalized spacial score (nSPS) is 12.6. The predicted octanol–water partition coefficient (Wildman–Crippen LogP) is 3.86. The monoisotopic (exact) mass is 430 g/mol. The van der Waals surface area contributed by atoms with Gasteiger partial charge in [0.1, 0.15) is 0 Å². The summed E-state index contributed by atoms with van der Waals surface area (Å²) in [5, 5.41) is 0.565. The number of sulfonamides is 1.